The highest BCUT2D eigenvalue weighted by Crippen LogP contribution is 1.84. The van der Waals surface area contributed by atoms with E-state index in [1.165, 1.54) is 0 Å². The molecule has 0 bridgehead atoms. The molecule has 0 aliphatic rings. The molecule has 0 aromatic heterocycles. The minimum atomic E-state index is 0.659. The van der Waals surface area contributed by atoms with Gasteiger partial charge in [-0.2, -0.15) is 0 Å². The molecule has 0 saturated carbocycles. The van der Waals surface area contributed by atoms with Crippen LogP contribution in [0.25, 0.3) is 0 Å². The van der Waals surface area contributed by atoms with Crippen molar-refractivity contribution in [2.24, 2.45) is 0 Å². The van der Waals surface area contributed by atoms with E-state index in [0.29, 0.717) is 12.2 Å². The Bertz CT molecular complexity index is 49.0. The lowest BCUT2D eigenvalue weighted by molar-refractivity contribution is -0.106. The Morgan fingerprint density at radius 3 is 2.86 bits per heavy atom. The fraction of sp³-hybridized carbons (Fsp3) is 0.750. The number of hydrogen-bond acceptors (Lipinski definition) is 1. The molecule has 0 rings (SSSR count). The lowest BCUT2D eigenvalue weighted by Gasteiger charge is -1.81. The molecule has 0 aromatic carbocycles. The third-order valence-electron chi connectivity index (χ3n) is 0.706. The number of hydrogen-bond donors (Lipinski definition) is 0. The topological polar surface area (TPSA) is 17.1 Å². The predicted octanol–water partition coefficient (Wildman–Crippen LogP) is 0.697. The van der Waals surface area contributed by atoms with Gasteiger partial charge in [-0.1, -0.05) is 6.32 Å². The van der Waals surface area contributed by atoms with E-state index in [1.54, 1.807) is 0 Å². The van der Waals surface area contributed by atoms with Gasteiger partial charge < -0.3 is 4.79 Å². The summed E-state index contributed by atoms with van der Waals surface area (Å²) in [5.41, 5.74) is 0. The van der Waals surface area contributed by atoms with Gasteiger partial charge in [-0.25, -0.2) is 0 Å². The van der Waals surface area contributed by atoms with Gasteiger partial charge >= 0.3 is 0 Å². The van der Waals surface area contributed by atoms with E-state index in [2.05, 4.69) is 0 Å². The summed E-state index contributed by atoms with van der Waals surface area (Å²) in [6, 6.07) is 0. The zero-order valence-corrected chi connectivity index (χ0v) is 4.95. The summed E-state index contributed by atoms with van der Waals surface area (Å²) in [4.78, 5) is 9.64. The molecular formula is C4H8BClO. The lowest BCUT2D eigenvalue weighted by Crippen LogP contribution is -1.88. The number of carbonyl (C=O) groups excluding carboxylic acids is 1. The zero-order chi connectivity index (χ0) is 5.54. The molecule has 0 radical (unpaired) electrons. The minimum absolute atomic E-state index is 0.659. The third-order valence-corrected chi connectivity index (χ3v) is 0.973. The first-order chi connectivity index (χ1) is 3.41. The van der Waals surface area contributed by atoms with Crippen LogP contribution in [0.1, 0.15) is 0 Å². The van der Waals surface area contributed by atoms with Crippen molar-refractivity contribution in [2.75, 3.05) is 5.88 Å². The summed E-state index contributed by atoms with van der Waals surface area (Å²) >= 11 is 5.32. The van der Waals surface area contributed by atoms with Crippen molar-refractivity contribution in [3.63, 3.8) is 0 Å². The van der Waals surface area contributed by atoms with E-state index >= 15 is 0 Å². The van der Waals surface area contributed by atoms with E-state index in [4.69, 9.17) is 11.6 Å². The smallest absolute Gasteiger partial charge is 0.130 e. The Kier molecular flexibility index (Phi) is 6.05. The van der Waals surface area contributed by atoms with Crippen molar-refractivity contribution in [2.45, 2.75) is 12.6 Å². The number of aldehydes is 1. The fourth-order valence-electron chi connectivity index (χ4n) is 0.322. The molecule has 0 spiro atoms. The van der Waals surface area contributed by atoms with E-state index in [0.717, 1.165) is 19.9 Å². The van der Waals surface area contributed by atoms with Crippen molar-refractivity contribution in [1.82, 2.24) is 0 Å². The summed E-state index contributed by atoms with van der Waals surface area (Å²) in [6.45, 7) is 0. The van der Waals surface area contributed by atoms with Gasteiger partial charge in [0.05, 0.1) is 0 Å². The Hall–Kier alpha value is 0.0249. The molecule has 0 saturated heterocycles. The zero-order valence-electron chi connectivity index (χ0n) is 4.19. The van der Waals surface area contributed by atoms with Crippen LogP contribution < -0.4 is 0 Å². The van der Waals surface area contributed by atoms with Crippen LogP contribution in [0.4, 0.5) is 0 Å². The summed E-state index contributed by atoms with van der Waals surface area (Å²) in [5.74, 6) is 0.674. The van der Waals surface area contributed by atoms with E-state index in [1.807, 2.05) is 0 Å². The monoisotopic (exact) mass is 118 g/mol. The van der Waals surface area contributed by atoms with Gasteiger partial charge in [0, 0.05) is 5.88 Å². The molecule has 0 amide bonds. The van der Waals surface area contributed by atoms with E-state index < -0.39 is 0 Å². The van der Waals surface area contributed by atoms with Gasteiger partial charge in [-0.3, -0.25) is 0 Å². The van der Waals surface area contributed by atoms with Crippen LogP contribution >= 0.6 is 11.6 Å². The van der Waals surface area contributed by atoms with Crippen LogP contribution in [0.3, 0.4) is 0 Å². The first-order valence-electron chi connectivity index (χ1n) is 2.41. The SMILES string of the molecule is O=CCBCCCl. The molecule has 0 fully saturated rings. The van der Waals surface area contributed by atoms with Crippen LogP contribution in [-0.4, -0.2) is 19.4 Å². The minimum Gasteiger partial charge on any atom is -0.304 e. The van der Waals surface area contributed by atoms with Gasteiger partial charge in [0.2, 0.25) is 0 Å². The molecular weight excluding hydrogens is 110 g/mol. The second-order valence-corrected chi connectivity index (χ2v) is 1.73. The second kappa shape index (κ2) is 6.02. The van der Waals surface area contributed by atoms with Gasteiger partial charge in [0.1, 0.15) is 13.6 Å². The number of alkyl halides is 1. The summed E-state index contributed by atoms with van der Waals surface area (Å²) in [6.07, 6.45) is 2.54. The highest BCUT2D eigenvalue weighted by Gasteiger charge is 1.84. The van der Waals surface area contributed by atoms with Gasteiger partial charge in [0.15, 0.2) is 0 Å². The molecule has 0 aromatic rings. The summed E-state index contributed by atoms with van der Waals surface area (Å²) in [5, 5.41) is 0. The van der Waals surface area contributed by atoms with Crippen molar-refractivity contribution < 1.29 is 4.79 Å². The average Bonchev–Trinajstić information content (AvgIpc) is 1.69. The van der Waals surface area contributed by atoms with Crippen LogP contribution in [0.2, 0.25) is 12.6 Å². The molecule has 0 N–H and O–H groups in total. The summed E-state index contributed by atoms with van der Waals surface area (Å²) in [7, 11) is 0.938. The molecule has 0 unspecified atom stereocenters. The Balaban J connectivity index is 2.56. The first-order valence-corrected chi connectivity index (χ1v) is 2.95. The molecule has 0 heterocycles. The van der Waals surface area contributed by atoms with Crippen LogP contribution in [-0.2, 0) is 4.79 Å². The average molecular weight is 118 g/mol. The normalized spacial score (nSPS) is 8.14. The molecule has 1 nitrogen and oxygen atoms in total. The highest BCUT2D eigenvalue weighted by molar-refractivity contribution is 6.41. The number of carbonyl (C=O) groups is 1. The molecule has 0 aliphatic heterocycles. The quantitative estimate of drug-likeness (QED) is 0.230. The number of halogens is 1. The Morgan fingerprint density at radius 1 is 1.71 bits per heavy atom. The standard InChI is InChI=1S/C4H8BClO/c6-3-1-5-2-4-7/h4-5H,1-3H2. The van der Waals surface area contributed by atoms with Crippen molar-refractivity contribution in [3.8, 4) is 0 Å². The molecule has 40 valence electrons. The van der Waals surface area contributed by atoms with Gasteiger partial charge in [0.25, 0.3) is 0 Å². The van der Waals surface area contributed by atoms with Crippen molar-refractivity contribution in [3.05, 3.63) is 0 Å². The Morgan fingerprint density at radius 2 is 2.43 bits per heavy atom. The van der Waals surface area contributed by atoms with Crippen LogP contribution in [0, 0.1) is 0 Å². The van der Waals surface area contributed by atoms with Crippen LogP contribution in [0.15, 0.2) is 0 Å². The maximum Gasteiger partial charge on any atom is 0.130 e. The molecule has 0 atom stereocenters. The maximum absolute atomic E-state index is 9.64. The predicted molar refractivity (Wildman–Crippen MR) is 33.5 cm³/mol. The molecule has 7 heavy (non-hydrogen) atoms. The van der Waals surface area contributed by atoms with Crippen molar-refractivity contribution >= 4 is 25.2 Å². The first kappa shape index (κ1) is 7.02. The van der Waals surface area contributed by atoms with Gasteiger partial charge in [-0.05, 0) is 6.32 Å². The Labute approximate surface area is 49.3 Å². The lowest BCUT2D eigenvalue weighted by atomic mass is 9.72. The van der Waals surface area contributed by atoms with E-state index in [-0.39, 0.29) is 0 Å². The van der Waals surface area contributed by atoms with Crippen molar-refractivity contribution in [1.29, 1.82) is 0 Å². The van der Waals surface area contributed by atoms with Crippen LogP contribution in [0.5, 0.6) is 0 Å². The fourth-order valence-corrected chi connectivity index (χ4v) is 0.511. The second-order valence-electron chi connectivity index (χ2n) is 1.35. The third kappa shape index (κ3) is 6.02. The maximum atomic E-state index is 9.64. The number of rotatable bonds is 4. The largest absolute Gasteiger partial charge is 0.304 e. The molecule has 3 heteroatoms. The molecule has 0 aliphatic carbocycles. The van der Waals surface area contributed by atoms with E-state index in [9.17, 15) is 4.79 Å². The van der Waals surface area contributed by atoms with Gasteiger partial charge in [-0.15, -0.1) is 11.6 Å². The summed E-state index contributed by atoms with van der Waals surface area (Å²) < 4.78 is 0. The highest BCUT2D eigenvalue weighted by atomic mass is 35.5.